The second kappa shape index (κ2) is 12.2. The minimum absolute atomic E-state index is 0.463. The highest BCUT2D eigenvalue weighted by atomic mass is 16.5. The van der Waals surface area contributed by atoms with Crippen molar-refractivity contribution in [3.05, 3.63) is 52.9 Å². The highest BCUT2D eigenvalue weighted by Gasteiger charge is 2.13. The van der Waals surface area contributed by atoms with Crippen molar-refractivity contribution >= 4 is 5.96 Å². The van der Waals surface area contributed by atoms with Crippen LogP contribution < -0.4 is 10.6 Å². The van der Waals surface area contributed by atoms with Crippen molar-refractivity contribution in [1.82, 2.24) is 15.8 Å². The Kier molecular flexibility index (Phi) is 9.55. The van der Waals surface area contributed by atoms with Crippen LogP contribution >= 0.6 is 0 Å². The highest BCUT2D eigenvalue weighted by molar-refractivity contribution is 5.79. The molecule has 0 saturated carbocycles. The van der Waals surface area contributed by atoms with Crippen molar-refractivity contribution in [2.45, 2.75) is 66.2 Å². The molecule has 0 aliphatic rings. The molecule has 6 nitrogen and oxygen atoms in total. The number of aromatic nitrogens is 1. The Bertz CT molecular complexity index is 706. The van der Waals surface area contributed by atoms with E-state index in [1.165, 1.54) is 5.56 Å². The molecule has 2 aromatic rings. The van der Waals surface area contributed by atoms with Crippen LogP contribution in [0.4, 0.5) is 0 Å². The third-order valence-electron chi connectivity index (χ3n) is 4.67. The van der Waals surface area contributed by atoms with Crippen molar-refractivity contribution < 1.29 is 9.26 Å². The molecule has 0 saturated heterocycles. The van der Waals surface area contributed by atoms with E-state index >= 15 is 0 Å². The number of rotatable bonds is 11. The molecule has 0 atom stereocenters. The van der Waals surface area contributed by atoms with Gasteiger partial charge in [0.05, 0.1) is 25.4 Å². The van der Waals surface area contributed by atoms with Crippen molar-refractivity contribution in [1.29, 1.82) is 0 Å². The normalized spacial score (nSPS) is 11.8. The quantitative estimate of drug-likeness (QED) is 0.443. The van der Waals surface area contributed by atoms with Gasteiger partial charge in [-0.2, -0.15) is 0 Å². The SMILES string of the molecule is CCNC(=NCc1ccc(COCC)cc1)NCc1cc(C(CC)CC)no1. The first-order chi connectivity index (χ1) is 13.7. The maximum atomic E-state index is 5.48. The summed E-state index contributed by atoms with van der Waals surface area (Å²) in [5, 5.41) is 10.8. The Morgan fingerprint density at radius 1 is 1.07 bits per heavy atom. The van der Waals surface area contributed by atoms with Crippen LogP contribution in [-0.4, -0.2) is 24.3 Å². The third kappa shape index (κ3) is 7.00. The second-order valence-electron chi connectivity index (χ2n) is 6.73. The number of aliphatic imine (C=N–C) groups is 1. The molecule has 28 heavy (non-hydrogen) atoms. The van der Waals surface area contributed by atoms with Gasteiger partial charge in [-0.25, -0.2) is 4.99 Å². The van der Waals surface area contributed by atoms with Crippen LogP contribution in [0.2, 0.25) is 0 Å². The minimum atomic E-state index is 0.463. The van der Waals surface area contributed by atoms with Gasteiger partial charge in [-0.1, -0.05) is 43.3 Å². The Morgan fingerprint density at radius 3 is 2.43 bits per heavy atom. The summed E-state index contributed by atoms with van der Waals surface area (Å²) in [5.41, 5.74) is 3.38. The van der Waals surface area contributed by atoms with Gasteiger partial charge in [-0.3, -0.25) is 0 Å². The maximum absolute atomic E-state index is 5.48. The van der Waals surface area contributed by atoms with Crippen molar-refractivity contribution in [2.75, 3.05) is 13.2 Å². The van der Waals surface area contributed by atoms with E-state index in [0.29, 0.717) is 25.6 Å². The largest absolute Gasteiger partial charge is 0.377 e. The molecule has 0 aliphatic heterocycles. The Balaban J connectivity index is 1.91. The molecule has 0 radical (unpaired) electrons. The topological polar surface area (TPSA) is 71.7 Å². The Hall–Kier alpha value is -2.34. The van der Waals surface area contributed by atoms with Crippen LogP contribution in [0, 0.1) is 0 Å². The van der Waals surface area contributed by atoms with Gasteiger partial charge in [-0.15, -0.1) is 0 Å². The predicted octanol–water partition coefficient (Wildman–Crippen LogP) is 4.37. The average molecular weight is 387 g/mol. The van der Waals surface area contributed by atoms with Crippen LogP contribution in [-0.2, 0) is 24.4 Å². The van der Waals surface area contributed by atoms with Gasteiger partial charge >= 0.3 is 0 Å². The summed E-state index contributed by atoms with van der Waals surface area (Å²) in [4.78, 5) is 4.67. The summed E-state index contributed by atoms with van der Waals surface area (Å²) < 4.78 is 10.9. The van der Waals surface area contributed by atoms with E-state index in [-0.39, 0.29) is 0 Å². The summed E-state index contributed by atoms with van der Waals surface area (Å²) >= 11 is 0. The van der Waals surface area contributed by atoms with Crippen molar-refractivity contribution in [3.8, 4) is 0 Å². The molecule has 0 bridgehead atoms. The van der Waals surface area contributed by atoms with E-state index in [2.05, 4.69) is 65.8 Å². The van der Waals surface area contributed by atoms with Gasteiger partial charge in [0.15, 0.2) is 11.7 Å². The number of benzene rings is 1. The lowest BCUT2D eigenvalue weighted by Crippen LogP contribution is -2.36. The van der Waals surface area contributed by atoms with Crippen LogP contribution in [0.15, 0.2) is 39.8 Å². The molecule has 2 N–H and O–H groups in total. The average Bonchev–Trinajstić information content (AvgIpc) is 3.19. The molecule has 0 spiro atoms. The monoisotopic (exact) mass is 386 g/mol. The smallest absolute Gasteiger partial charge is 0.191 e. The molecular weight excluding hydrogens is 352 g/mol. The molecule has 0 amide bonds. The summed E-state index contributed by atoms with van der Waals surface area (Å²) in [6.07, 6.45) is 2.15. The number of guanidine groups is 1. The Labute approximate surface area is 168 Å². The second-order valence-corrected chi connectivity index (χ2v) is 6.73. The van der Waals surface area contributed by atoms with Crippen LogP contribution in [0.25, 0.3) is 0 Å². The van der Waals surface area contributed by atoms with Gasteiger partial charge in [0.25, 0.3) is 0 Å². The van der Waals surface area contributed by atoms with Gasteiger partial charge in [-0.05, 0) is 37.8 Å². The van der Waals surface area contributed by atoms with Gasteiger partial charge in [0.1, 0.15) is 0 Å². The first kappa shape index (κ1) is 22.0. The van der Waals surface area contributed by atoms with E-state index in [9.17, 15) is 0 Å². The number of nitrogens with one attached hydrogen (secondary N) is 2. The number of hydrogen-bond acceptors (Lipinski definition) is 4. The Morgan fingerprint density at radius 2 is 1.79 bits per heavy atom. The standard InChI is InChI=1S/C22H34N4O2/c1-5-19(6-2)21-13-20(28-26-21)15-25-22(23-7-3)24-14-17-9-11-18(12-10-17)16-27-8-4/h9-13,19H,5-8,14-16H2,1-4H3,(H2,23,24,25). The van der Waals surface area contributed by atoms with Crippen molar-refractivity contribution in [3.63, 3.8) is 0 Å². The summed E-state index contributed by atoms with van der Waals surface area (Å²) in [7, 11) is 0. The number of nitrogens with zero attached hydrogens (tertiary/aromatic N) is 2. The molecule has 0 aliphatic carbocycles. The lowest BCUT2D eigenvalue weighted by Gasteiger charge is -2.10. The zero-order valence-corrected chi connectivity index (χ0v) is 17.6. The molecule has 1 heterocycles. The van der Waals surface area contributed by atoms with E-state index in [1.54, 1.807) is 0 Å². The molecule has 6 heteroatoms. The molecular formula is C22H34N4O2. The van der Waals surface area contributed by atoms with E-state index < -0.39 is 0 Å². The summed E-state index contributed by atoms with van der Waals surface area (Å²) in [6.45, 7) is 11.8. The molecule has 2 rings (SSSR count). The fourth-order valence-electron chi connectivity index (χ4n) is 2.96. The first-order valence-electron chi connectivity index (χ1n) is 10.3. The molecule has 0 fully saturated rings. The lowest BCUT2D eigenvalue weighted by molar-refractivity contribution is 0.134. The summed E-state index contributed by atoms with van der Waals surface area (Å²) in [5.74, 6) is 2.05. The van der Waals surface area contributed by atoms with Crippen molar-refractivity contribution in [2.24, 2.45) is 4.99 Å². The zero-order chi connectivity index (χ0) is 20.2. The molecule has 1 aromatic heterocycles. The minimum Gasteiger partial charge on any atom is -0.377 e. The van der Waals surface area contributed by atoms with E-state index in [4.69, 9.17) is 9.26 Å². The van der Waals surface area contributed by atoms with E-state index in [0.717, 1.165) is 49.0 Å². The number of hydrogen-bond donors (Lipinski definition) is 2. The highest BCUT2D eigenvalue weighted by Crippen LogP contribution is 2.22. The van der Waals surface area contributed by atoms with Crippen LogP contribution in [0.3, 0.4) is 0 Å². The predicted molar refractivity (Wildman–Crippen MR) is 113 cm³/mol. The number of ether oxygens (including phenoxy) is 1. The third-order valence-corrected chi connectivity index (χ3v) is 4.67. The maximum Gasteiger partial charge on any atom is 0.191 e. The molecule has 1 aromatic carbocycles. The van der Waals surface area contributed by atoms with Crippen LogP contribution in [0.5, 0.6) is 0 Å². The van der Waals surface area contributed by atoms with Gasteiger partial charge in [0, 0.05) is 25.1 Å². The lowest BCUT2D eigenvalue weighted by atomic mass is 9.99. The van der Waals surface area contributed by atoms with Gasteiger partial charge in [0.2, 0.25) is 0 Å². The zero-order valence-electron chi connectivity index (χ0n) is 17.6. The van der Waals surface area contributed by atoms with E-state index in [1.807, 2.05) is 13.0 Å². The fraction of sp³-hybridized carbons (Fsp3) is 0.545. The van der Waals surface area contributed by atoms with Crippen LogP contribution in [0.1, 0.15) is 69.0 Å². The molecule has 0 unspecified atom stereocenters. The molecule has 154 valence electrons. The fourth-order valence-corrected chi connectivity index (χ4v) is 2.96. The van der Waals surface area contributed by atoms with Gasteiger partial charge < -0.3 is 19.9 Å². The summed E-state index contributed by atoms with van der Waals surface area (Å²) in [6, 6.07) is 10.4. The first-order valence-corrected chi connectivity index (χ1v) is 10.3.